The lowest BCUT2D eigenvalue weighted by atomic mass is 9.97. The maximum Gasteiger partial charge on any atom is 0.283 e. The smallest absolute Gasteiger partial charge is 0.283 e. The van der Waals surface area contributed by atoms with Gasteiger partial charge in [-0.05, 0) is 61.6 Å². The van der Waals surface area contributed by atoms with E-state index in [2.05, 4.69) is 12.0 Å². The van der Waals surface area contributed by atoms with Gasteiger partial charge in [-0.15, -0.1) is 0 Å². The Labute approximate surface area is 215 Å². The molecule has 0 unspecified atom stereocenters. The molecule has 1 fully saturated rings. The van der Waals surface area contributed by atoms with Gasteiger partial charge in [0, 0.05) is 42.7 Å². The van der Waals surface area contributed by atoms with Crippen molar-refractivity contribution in [1.29, 1.82) is 5.41 Å². The van der Waals surface area contributed by atoms with Crippen LogP contribution in [0.2, 0.25) is 0 Å². The van der Waals surface area contributed by atoms with Crippen molar-refractivity contribution in [2.45, 2.75) is 39.0 Å². The van der Waals surface area contributed by atoms with E-state index in [9.17, 15) is 9.18 Å². The lowest BCUT2D eigenvalue weighted by Crippen LogP contribution is -2.77. The Morgan fingerprint density at radius 3 is 2.61 bits per heavy atom. The number of halogens is 2. The van der Waals surface area contributed by atoms with Gasteiger partial charge in [-0.1, -0.05) is 24.6 Å². The third-order valence-corrected chi connectivity index (χ3v) is 7.61. The van der Waals surface area contributed by atoms with Gasteiger partial charge in [0.1, 0.15) is 17.2 Å². The van der Waals surface area contributed by atoms with Crippen molar-refractivity contribution in [3.05, 3.63) is 82.6 Å². The summed E-state index contributed by atoms with van der Waals surface area (Å²) in [5, 5.41) is 12.4. The molecule has 1 aromatic rings. The zero-order chi connectivity index (χ0) is 25.7. The first-order chi connectivity index (χ1) is 17.3. The second-order valence-electron chi connectivity index (χ2n) is 9.43. The van der Waals surface area contributed by atoms with Crippen LogP contribution >= 0.6 is 11.8 Å². The molecule has 1 aliphatic carbocycles. The highest BCUT2D eigenvalue weighted by atomic mass is 32.2. The molecule has 1 saturated heterocycles. The lowest BCUT2D eigenvalue weighted by molar-refractivity contribution is -0.516. The Morgan fingerprint density at radius 2 is 1.94 bits per heavy atom. The number of benzene rings is 1. The Morgan fingerprint density at radius 1 is 1.17 bits per heavy atom. The molecule has 0 bridgehead atoms. The molecule has 2 aliphatic heterocycles. The zero-order valence-electron chi connectivity index (χ0n) is 20.6. The van der Waals surface area contributed by atoms with Crippen molar-refractivity contribution in [2.24, 2.45) is 0 Å². The van der Waals surface area contributed by atoms with E-state index in [-0.39, 0.29) is 17.4 Å². The lowest BCUT2D eigenvalue weighted by Gasteiger charge is -2.27. The van der Waals surface area contributed by atoms with Crippen LogP contribution in [-0.2, 0) is 4.79 Å². The Balaban J connectivity index is 1.69. The molecule has 190 valence electrons. The minimum absolute atomic E-state index is 0.104. The molecule has 36 heavy (non-hydrogen) atoms. The number of rotatable bonds is 7. The SMILES string of the molecule is C=C(C)c1ccc([NH2+]C2=C(C(=N)C(=O)NN3CCCCC3)CSCC2=CC2=CC=C(F)CC2)c(F)c1. The summed E-state index contributed by atoms with van der Waals surface area (Å²) in [6, 6.07) is 4.99. The maximum atomic E-state index is 15.1. The number of hydrogen-bond donors (Lipinski definition) is 3. The van der Waals surface area contributed by atoms with Gasteiger partial charge in [0.2, 0.25) is 0 Å². The quantitative estimate of drug-likeness (QED) is 0.353. The number of nitrogens with two attached hydrogens (primary N) is 1. The van der Waals surface area contributed by atoms with E-state index in [4.69, 9.17) is 5.41 Å². The molecule has 0 atom stereocenters. The van der Waals surface area contributed by atoms with E-state index in [0.717, 1.165) is 54.6 Å². The van der Waals surface area contributed by atoms with Gasteiger partial charge in [-0.25, -0.2) is 13.8 Å². The molecule has 3 aliphatic rings. The van der Waals surface area contributed by atoms with E-state index < -0.39 is 5.91 Å². The van der Waals surface area contributed by atoms with Crippen LogP contribution in [-0.4, -0.2) is 41.2 Å². The first-order valence-corrected chi connectivity index (χ1v) is 13.5. The van der Waals surface area contributed by atoms with Crippen LogP contribution in [0.25, 0.3) is 5.57 Å². The normalized spacial score (nSPS) is 20.1. The van der Waals surface area contributed by atoms with Crippen LogP contribution in [0.4, 0.5) is 14.5 Å². The molecule has 5 nitrogen and oxygen atoms in total. The standard InChI is InChI=1S/C28H32F2N4OS/c1-18(2)20-8-11-25(24(30)15-20)32-27-21(14-19-6-9-22(29)10-7-19)16-36-17-23(27)26(31)28(35)33-34-12-4-3-5-13-34/h6,8-9,11,14-15,31-32H,1,3-5,7,10,12-13,16-17H2,2H3,(H,33,35)/p+1. The summed E-state index contributed by atoms with van der Waals surface area (Å²) < 4.78 is 28.6. The summed E-state index contributed by atoms with van der Waals surface area (Å²) in [5.74, 6) is 0.166. The van der Waals surface area contributed by atoms with Gasteiger partial charge >= 0.3 is 0 Å². The fraction of sp³-hybridized carbons (Fsp3) is 0.357. The van der Waals surface area contributed by atoms with Gasteiger partial charge in [0.25, 0.3) is 5.91 Å². The molecule has 0 aromatic heterocycles. The van der Waals surface area contributed by atoms with Crippen LogP contribution in [0.1, 0.15) is 44.6 Å². The van der Waals surface area contributed by atoms with Gasteiger partial charge < -0.3 is 0 Å². The number of allylic oxidation sites excluding steroid dienone is 7. The van der Waals surface area contributed by atoms with Crippen LogP contribution < -0.4 is 10.7 Å². The number of nitrogens with zero attached hydrogens (tertiary/aromatic N) is 1. The molecule has 1 amide bonds. The topological polar surface area (TPSA) is 72.8 Å². The Bertz CT molecular complexity index is 1190. The first kappa shape index (κ1) is 26.3. The first-order valence-electron chi connectivity index (χ1n) is 12.3. The monoisotopic (exact) mass is 511 g/mol. The largest absolute Gasteiger partial charge is 0.295 e. The number of hydrazine groups is 1. The zero-order valence-corrected chi connectivity index (χ0v) is 21.4. The third kappa shape index (κ3) is 6.49. The number of hydrogen-bond acceptors (Lipinski definition) is 4. The second kappa shape index (κ2) is 12.0. The van der Waals surface area contributed by atoms with Crippen LogP contribution in [0, 0.1) is 11.2 Å². The molecule has 2 heterocycles. The third-order valence-electron chi connectivity index (χ3n) is 6.60. The molecule has 0 saturated carbocycles. The summed E-state index contributed by atoms with van der Waals surface area (Å²) >= 11 is 1.61. The molecule has 4 rings (SSSR count). The fourth-order valence-electron chi connectivity index (χ4n) is 4.50. The highest BCUT2D eigenvalue weighted by molar-refractivity contribution is 7.99. The number of carbonyl (C=O) groups excluding carboxylic acids is 1. The molecular formula is C28H33F2N4OS+. The van der Waals surface area contributed by atoms with E-state index in [0.29, 0.717) is 41.3 Å². The molecule has 1 aromatic carbocycles. The minimum Gasteiger partial charge on any atom is -0.295 e. The number of carbonyl (C=O) groups is 1. The molecule has 4 N–H and O–H groups in total. The van der Waals surface area contributed by atoms with Crippen LogP contribution in [0.15, 0.2) is 71.2 Å². The second-order valence-corrected chi connectivity index (χ2v) is 10.4. The number of piperidine rings is 1. The van der Waals surface area contributed by atoms with Gasteiger partial charge in [0.05, 0.1) is 5.57 Å². The van der Waals surface area contributed by atoms with Crippen molar-refractivity contribution < 1.29 is 18.9 Å². The van der Waals surface area contributed by atoms with Crippen molar-refractivity contribution in [2.75, 3.05) is 24.6 Å². The van der Waals surface area contributed by atoms with Crippen molar-refractivity contribution in [3.8, 4) is 0 Å². The number of nitrogens with one attached hydrogen (secondary N) is 2. The Kier molecular flexibility index (Phi) is 8.72. The van der Waals surface area contributed by atoms with Crippen LogP contribution in [0.3, 0.4) is 0 Å². The fourth-order valence-corrected chi connectivity index (χ4v) is 5.56. The summed E-state index contributed by atoms with van der Waals surface area (Å²) in [7, 11) is 0. The van der Waals surface area contributed by atoms with Gasteiger partial charge in [0.15, 0.2) is 11.5 Å². The summed E-state index contributed by atoms with van der Waals surface area (Å²) in [6.07, 6.45) is 9.34. The van der Waals surface area contributed by atoms with E-state index in [1.165, 1.54) is 12.1 Å². The van der Waals surface area contributed by atoms with Crippen molar-refractivity contribution >= 4 is 34.6 Å². The van der Waals surface area contributed by atoms with E-state index in [1.807, 2.05) is 24.1 Å². The average molecular weight is 512 g/mol. The maximum absolute atomic E-state index is 15.1. The summed E-state index contributed by atoms with van der Waals surface area (Å²) in [6.45, 7) is 7.26. The predicted molar refractivity (Wildman–Crippen MR) is 143 cm³/mol. The van der Waals surface area contributed by atoms with E-state index >= 15 is 4.39 Å². The van der Waals surface area contributed by atoms with Gasteiger partial charge in [-0.2, -0.15) is 11.8 Å². The number of amides is 1. The molecular weight excluding hydrogens is 478 g/mol. The highest BCUT2D eigenvalue weighted by Crippen LogP contribution is 2.30. The van der Waals surface area contributed by atoms with Crippen molar-refractivity contribution in [3.63, 3.8) is 0 Å². The number of thioether (sulfide) groups is 1. The summed E-state index contributed by atoms with van der Waals surface area (Å²) in [4.78, 5) is 13.0. The van der Waals surface area contributed by atoms with Crippen molar-refractivity contribution in [1.82, 2.24) is 10.4 Å². The summed E-state index contributed by atoms with van der Waals surface area (Å²) in [5.41, 5.74) is 7.80. The molecule has 0 radical (unpaired) electrons. The highest BCUT2D eigenvalue weighted by Gasteiger charge is 2.30. The van der Waals surface area contributed by atoms with E-state index in [1.54, 1.807) is 29.2 Å². The molecule has 0 spiro atoms. The Hall–Kier alpha value is -2.81. The predicted octanol–water partition coefficient (Wildman–Crippen LogP) is 5.09. The minimum atomic E-state index is -0.445. The average Bonchev–Trinajstić information content (AvgIpc) is 2.87. The van der Waals surface area contributed by atoms with Crippen LogP contribution in [0.5, 0.6) is 0 Å². The molecule has 8 heteroatoms. The van der Waals surface area contributed by atoms with Gasteiger partial charge in [-0.3, -0.25) is 20.9 Å². The number of quaternary nitrogens is 1.